The van der Waals surface area contributed by atoms with Gasteiger partial charge in [-0.15, -0.1) is 11.6 Å². The summed E-state index contributed by atoms with van der Waals surface area (Å²) in [4.78, 5) is 11.2. The van der Waals surface area contributed by atoms with Crippen molar-refractivity contribution in [3.63, 3.8) is 0 Å². The number of benzene rings is 1. The summed E-state index contributed by atoms with van der Waals surface area (Å²) < 4.78 is 0. The molecule has 0 heterocycles. The van der Waals surface area contributed by atoms with Gasteiger partial charge in [-0.25, -0.2) is 0 Å². The molecule has 0 aliphatic heterocycles. The lowest BCUT2D eigenvalue weighted by atomic mass is 9.96. The Kier molecular flexibility index (Phi) is 5.29. The first-order valence-electron chi connectivity index (χ1n) is 5.72. The Balaban J connectivity index is 3.12. The van der Waals surface area contributed by atoms with E-state index in [0.717, 1.165) is 11.1 Å². The van der Waals surface area contributed by atoms with Crippen LogP contribution in [0, 0.1) is 6.92 Å². The highest BCUT2D eigenvalue weighted by atomic mass is 35.5. The van der Waals surface area contributed by atoms with Crippen molar-refractivity contribution >= 4 is 29.1 Å². The van der Waals surface area contributed by atoms with E-state index in [1.165, 1.54) is 0 Å². The van der Waals surface area contributed by atoms with Gasteiger partial charge in [-0.1, -0.05) is 25.4 Å². The van der Waals surface area contributed by atoms with Gasteiger partial charge in [-0.2, -0.15) is 0 Å². The van der Waals surface area contributed by atoms with E-state index < -0.39 is 0 Å². The minimum Gasteiger partial charge on any atom is -0.507 e. The van der Waals surface area contributed by atoms with Crippen LogP contribution in [-0.4, -0.2) is 16.9 Å². The topological polar surface area (TPSA) is 49.3 Å². The van der Waals surface area contributed by atoms with Crippen LogP contribution in [0.1, 0.15) is 36.5 Å². The van der Waals surface area contributed by atoms with Gasteiger partial charge in [0.1, 0.15) is 11.6 Å². The van der Waals surface area contributed by atoms with E-state index in [9.17, 15) is 9.90 Å². The van der Waals surface area contributed by atoms with Crippen molar-refractivity contribution in [2.45, 2.75) is 33.2 Å². The van der Waals surface area contributed by atoms with Crippen molar-refractivity contribution in [2.24, 2.45) is 0 Å². The van der Waals surface area contributed by atoms with Gasteiger partial charge in [0, 0.05) is 17.1 Å². The van der Waals surface area contributed by atoms with Gasteiger partial charge in [0.05, 0.1) is 0 Å². The van der Waals surface area contributed by atoms with Crippen LogP contribution in [0.4, 0.5) is 0 Å². The summed E-state index contributed by atoms with van der Waals surface area (Å²) in [5, 5.41) is 13.4. The molecule has 0 saturated heterocycles. The van der Waals surface area contributed by atoms with Crippen molar-refractivity contribution in [3.8, 4) is 5.75 Å². The summed E-state index contributed by atoms with van der Waals surface area (Å²) in [6, 6.07) is 1.77. The number of carbonyl (C=O) groups is 1. The van der Waals surface area contributed by atoms with Crippen molar-refractivity contribution in [1.82, 2.24) is 5.32 Å². The number of alkyl halides is 1. The Labute approximate surface area is 117 Å². The number of nitrogens with one attached hydrogen (secondary N) is 1. The van der Waals surface area contributed by atoms with Crippen molar-refractivity contribution in [2.75, 3.05) is 5.88 Å². The predicted octanol–water partition coefficient (Wildman–Crippen LogP) is 3.33. The molecule has 0 aliphatic rings. The van der Waals surface area contributed by atoms with Gasteiger partial charge in [-0.05, 0) is 30.0 Å². The lowest BCUT2D eigenvalue weighted by molar-refractivity contribution is -0.118. The van der Waals surface area contributed by atoms with Gasteiger partial charge >= 0.3 is 0 Å². The fourth-order valence-corrected chi connectivity index (χ4v) is 2.03. The predicted molar refractivity (Wildman–Crippen MR) is 74.5 cm³/mol. The molecule has 0 spiro atoms. The normalized spacial score (nSPS) is 10.8. The Morgan fingerprint density at radius 3 is 2.61 bits per heavy atom. The molecule has 0 unspecified atom stereocenters. The van der Waals surface area contributed by atoms with E-state index in [4.69, 9.17) is 23.2 Å². The molecule has 5 heteroatoms. The molecule has 1 aromatic carbocycles. The molecule has 18 heavy (non-hydrogen) atoms. The lowest BCUT2D eigenvalue weighted by Crippen LogP contribution is -2.24. The molecule has 0 radical (unpaired) electrons. The molecular formula is C13H17Cl2NO2. The molecule has 100 valence electrons. The number of amides is 1. The van der Waals surface area contributed by atoms with E-state index in [0.29, 0.717) is 10.6 Å². The van der Waals surface area contributed by atoms with E-state index in [2.05, 4.69) is 5.32 Å². The fraction of sp³-hybridized carbons (Fsp3) is 0.462. The third-order valence-electron chi connectivity index (χ3n) is 2.86. The minimum absolute atomic E-state index is 0.0998. The summed E-state index contributed by atoms with van der Waals surface area (Å²) in [6.45, 7) is 5.99. The number of rotatable bonds is 4. The maximum Gasteiger partial charge on any atom is 0.235 e. The van der Waals surface area contributed by atoms with Crippen LogP contribution in [0.25, 0.3) is 0 Å². The zero-order chi connectivity index (χ0) is 13.9. The first kappa shape index (κ1) is 15.1. The van der Waals surface area contributed by atoms with Gasteiger partial charge < -0.3 is 10.4 Å². The Morgan fingerprint density at radius 2 is 2.11 bits per heavy atom. The molecule has 0 fully saturated rings. The van der Waals surface area contributed by atoms with Crippen molar-refractivity contribution in [1.29, 1.82) is 0 Å². The second-order valence-corrected chi connectivity index (χ2v) is 5.14. The molecule has 0 aliphatic carbocycles. The highest BCUT2D eigenvalue weighted by Crippen LogP contribution is 2.35. The van der Waals surface area contributed by atoms with Gasteiger partial charge in [0.25, 0.3) is 0 Å². The smallest absolute Gasteiger partial charge is 0.235 e. The zero-order valence-electron chi connectivity index (χ0n) is 10.7. The number of carbonyl (C=O) groups excluding carboxylic acids is 1. The van der Waals surface area contributed by atoms with Crippen LogP contribution in [0.3, 0.4) is 0 Å². The molecule has 0 bridgehead atoms. The highest BCUT2D eigenvalue weighted by molar-refractivity contribution is 6.31. The van der Waals surface area contributed by atoms with Crippen LogP contribution in [0.15, 0.2) is 6.07 Å². The largest absolute Gasteiger partial charge is 0.507 e. The van der Waals surface area contributed by atoms with Crippen LogP contribution >= 0.6 is 23.2 Å². The summed E-state index contributed by atoms with van der Waals surface area (Å²) >= 11 is 11.5. The van der Waals surface area contributed by atoms with Gasteiger partial charge in [-0.3, -0.25) is 4.79 Å². The Hall–Kier alpha value is -0.930. The van der Waals surface area contributed by atoms with Crippen LogP contribution in [-0.2, 0) is 11.3 Å². The standard InChI is InChI=1S/C13H17Cl2NO2/c1-7(2)9-4-11(15)8(3)10(13(9)18)6-16-12(17)5-14/h4,7,18H,5-6H2,1-3H3,(H,16,17). The van der Waals surface area contributed by atoms with Gasteiger partial charge in [0.15, 0.2) is 0 Å². The maximum absolute atomic E-state index is 11.2. The monoisotopic (exact) mass is 289 g/mol. The molecule has 1 aromatic rings. The van der Waals surface area contributed by atoms with Crippen LogP contribution < -0.4 is 5.32 Å². The molecule has 0 saturated carbocycles. The zero-order valence-corrected chi connectivity index (χ0v) is 12.2. The second-order valence-electron chi connectivity index (χ2n) is 4.46. The van der Waals surface area contributed by atoms with E-state index >= 15 is 0 Å². The first-order chi connectivity index (χ1) is 8.38. The van der Waals surface area contributed by atoms with E-state index in [1.54, 1.807) is 6.07 Å². The molecule has 3 nitrogen and oxygen atoms in total. The Bertz CT molecular complexity index is 459. The third kappa shape index (κ3) is 3.30. The van der Waals surface area contributed by atoms with Crippen LogP contribution in [0.5, 0.6) is 5.75 Å². The van der Waals surface area contributed by atoms with Crippen molar-refractivity contribution < 1.29 is 9.90 Å². The average Bonchev–Trinajstić information content (AvgIpc) is 2.32. The number of hydrogen-bond donors (Lipinski definition) is 2. The molecule has 2 N–H and O–H groups in total. The Morgan fingerprint density at radius 1 is 1.50 bits per heavy atom. The first-order valence-corrected chi connectivity index (χ1v) is 6.63. The molecule has 0 atom stereocenters. The molecule has 1 rings (SSSR count). The number of phenolic OH excluding ortho intramolecular Hbond substituents is 1. The SMILES string of the molecule is Cc1c(Cl)cc(C(C)C)c(O)c1CNC(=O)CCl. The lowest BCUT2D eigenvalue weighted by Gasteiger charge is -2.17. The van der Waals surface area contributed by atoms with Crippen molar-refractivity contribution in [3.05, 3.63) is 27.8 Å². The summed E-state index contributed by atoms with van der Waals surface area (Å²) in [5.74, 6) is -0.0221. The molecular weight excluding hydrogens is 273 g/mol. The number of hydrogen-bond acceptors (Lipinski definition) is 2. The fourth-order valence-electron chi connectivity index (χ4n) is 1.70. The van der Waals surface area contributed by atoms with Crippen LogP contribution in [0.2, 0.25) is 5.02 Å². The number of halogens is 2. The molecule has 0 aromatic heterocycles. The van der Waals surface area contributed by atoms with E-state index in [1.807, 2.05) is 20.8 Å². The summed E-state index contributed by atoms with van der Waals surface area (Å²) in [6.07, 6.45) is 0. The minimum atomic E-state index is -0.276. The van der Waals surface area contributed by atoms with E-state index in [-0.39, 0.29) is 30.0 Å². The summed E-state index contributed by atoms with van der Waals surface area (Å²) in [7, 11) is 0. The number of phenols is 1. The summed E-state index contributed by atoms with van der Waals surface area (Å²) in [5.41, 5.74) is 2.19. The quantitative estimate of drug-likeness (QED) is 0.836. The highest BCUT2D eigenvalue weighted by Gasteiger charge is 2.16. The third-order valence-corrected chi connectivity index (χ3v) is 3.49. The number of aromatic hydroxyl groups is 1. The van der Waals surface area contributed by atoms with Gasteiger partial charge in [0.2, 0.25) is 5.91 Å². The second kappa shape index (κ2) is 6.30. The molecule has 1 amide bonds. The maximum atomic E-state index is 11.2. The average molecular weight is 290 g/mol.